The van der Waals surface area contributed by atoms with Crippen molar-refractivity contribution in [2.45, 2.75) is 38.5 Å². The van der Waals surface area contributed by atoms with Gasteiger partial charge in [0, 0.05) is 17.8 Å². The topological polar surface area (TPSA) is 89.9 Å². The van der Waals surface area contributed by atoms with Crippen LogP contribution in [-0.4, -0.2) is 45.8 Å². The molecule has 0 aromatic carbocycles. The van der Waals surface area contributed by atoms with Crippen molar-refractivity contribution in [3.8, 4) is 0 Å². The minimum absolute atomic E-state index is 0.0536. The van der Waals surface area contributed by atoms with Crippen LogP contribution in [0.15, 0.2) is 17.5 Å². The molecule has 2 amide bonds. The van der Waals surface area contributed by atoms with Gasteiger partial charge in [0.05, 0.1) is 12.1 Å². The van der Waals surface area contributed by atoms with Crippen LogP contribution in [0, 0.1) is 5.92 Å². The van der Waals surface area contributed by atoms with Crippen LogP contribution in [0.5, 0.6) is 0 Å². The van der Waals surface area contributed by atoms with Gasteiger partial charge in [0.25, 0.3) is 0 Å². The van der Waals surface area contributed by atoms with Gasteiger partial charge in [0.2, 0.25) is 0 Å². The monoisotopic (exact) mass is 312 g/mol. The summed E-state index contributed by atoms with van der Waals surface area (Å²) in [5.74, 6) is -0.901. The van der Waals surface area contributed by atoms with Crippen molar-refractivity contribution in [3.05, 3.63) is 22.4 Å². The molecule has 3 N–H and O–H groups in total. The first kappa shape index (κ1) is 15.8. The third-order valence-corrected chi connectivity index (χ3v) is 4.58. The van der Waals surface area contributed by atoms with E-state index in [1.807, 2.05) is 31.4 Å². The van der Waals surface area contributed by atoms with E-state index >= 15 is 0 Å². The number of carbonyl (C=O) groups excluding carboxylic acids is 1. The zero-order valence-corrected chi connectivity index (χ0v) is 12.8. The maximum atomic E-state index is 12.4. The van der Waals surface area contributed by atoms with Gasteiger partial charge in [-0.2, -0.15) is 0 Å². The third kappa shape index (κ3) is 3.54. The molecule has 7 heteroatoms. The maximum absolute atomic E-state index is 12.4. The van der Waals surface area contributed by atoms with Crippen LogP contribution in [0.1, 0.15) is 31.2 Å². The zero-order chi connectivity index (χ0) is 15.6. The Kier molecular flexibility index (Phi) is 4.84. The number of carbonyl (C=O) groups is 2. The second-order valence-corrected chi connectivity index (χ2v) is 6.56. The standard InChI is InChI=1S/C14H20N2O4S/c1-8(2)12(11-4-3-5-21-11)15-14(20)16-7-9(17)6-10(16)13(18)19/h3-5,8-10,12,17H,6-7H2,1-2H3,(H,15,20)(H,18,19). The van der Waals surface area contributed by atoms with Crippen molar-refractivity contribution in [1.82, 2.24) is 10.2 Å². The van der Waals surface area contributed by atoms with E-state index in [0.29, 0.717) is 0 Å². The van der Waals surface area contributed by atoms with Gasteiger partial charge in [-0.3, -0.25) is 0 Å². The van der Waals surface area contributed by atoms with Crippen LogP contribution in [0.25, 0.3) is 0 Å². The van der Waals surface area contributed by atoms with Gasteiger partial charge in [-0.15, -0.1) is 11.3 Å². The van der Waals surface area contributed by atoms with Gasteiger partial charge in [-0.25, -0.2) is 9.59 Å². The lowest BCUT2D eigenvalue weighted by molar-refractivity contribution is -0.141. The van der Waals surface area contributed by atoms with E-state index in [2.05, 4.69) is 5.32 Å². The Morgan fingerprint density at radius 1 is 1.48 bits per heavy atom. The number of carboxylic acids is 1. The highest BCUT2D eigenvalue weighted by Crippen LogP contribution is 2.27. The Morgan fingerprint density at radius 2 is 2.19 bits per heavy atom. The highest BCUT2D eigenvalue weighted by molar-refractivity contribution is 7.10. The molecule has 116 valence electrons. The first-order valence-electron chi connectivity index (χ1n) is 6.91. The fraction of sp³-hybridized carbons (Fsp3) is 0.571. The summed E-state index contributed by atoms with van der Waals surface area (Å²) in [6, 6.07) is 2.30. The summed E-state index contributed by atoms with van der Waals surface area (Å²) in [6.07, 6.45) is -0.704. The summed E-state index contributed by atoms with van der Waals surface area (Å²) >= 11 is 1.55. The van der Waals surface area contributed by atoms with Crippen LogP contribution in [0.3, 0.4) is 0 Å². The van der Waals surface area contributed by atoms with Crippen molar-refractivity contribution in [2.24, 2.45) is 5.92 Å². The van der Waals surface area contributed by atoms with E-state index in [0.717, 1.165) is 4.88 Å². The van der Waals surface area contributed by atoms with Gasteiger partial charge in [-0.1, -0.05) is 19.9 Å². The number of likely N-dealkylation sites (tertiary alicyclic amines) is 1. The summed E-state index contributed by atoms with van der Waals surface area (Å²) in [5.41, 5.74) is 0. The van der Waals surface area contributed by atoms with Crippen LogP contribution in [0.4, 0.5) is 4.79 Å². The molecule has 2 heterocycles. The molecule has 0 spiro atoms. The zero-order valence-electron chi connectivity index (χ0n) is 12.0. The number of carboxylic acid groups (broad SMARTS) is 1. The largest absolute Gasteiger partial charge is 0.480 e. The highest BCUT2D eigenvalue weighted by atomic mass is 32.1. The average molecular weight is 312 g/mol. The number of hydrogen-bond donors (Lipinski definition) is 3. The molecular weight excluding hydrogens is 292 g/mol. The maximum Gasteiger partial charge on any atom is 0.326 e. The van der Waals surface area contributed by atoms with Crippen molar-refractivity contribution in [3.63, 3.8) is 0 Å². The first-order valence-corrected chi connectivity index (χ1v) is 7.79. The van der Waals surface area contributed by atoms with Crippen molar-refractivity contribution >= 4 is 23.3 Å². The third-order valence-electron chi connectivity index (χ3n) is 3.62. The Bertz CT molecular complexity index is 503. The Morgan fingerprint density at radius 3 is 2.71 bits per heavy atom. The van der Waals surface area contributed by atoms with E-state index in [4.69, 9.17) is 5.11 Å². The number of rotatable bonds is 4. The second kappa shape index (κ2) is 6.44. The number of hydrogen-bond acceptors (Lipinski definition) is 4. The van der Waals surface area contributed by atoms with E-state index < -0.39 is 24.1 Å². The molecule has 21 heavy (non-hydrogen) atoms. The summed E-state index contributed by atoms with van der Waals surface area (Å²) in [4.78, 5) is 25.8. The number of aliphatic hydroxyl groups excluding tert-OH is 1. The fourth-order valence-corrected chi connectivity index (χ4v) is 3.47. The molecule has 1 aliphatic rings. The van der Waals surface area contributed by atoms with Crippen molar-refractivity contribution in [2.75, 3.05) is 6.54 Å². The predicted molar refractivity (Wildman–Crippen MR) is 79.2 cm³/mol. The van der Waals surface area contributed by atoms with Crippen LogP contribution in [0.2, 0.25) is 0 Å². The molecule has 0 aliphatic carbocycles. The predicted octanol–water partition coefficient (Wildman–Crippen LogP) is 1.67. The number of thiophene rings is 1. The molecule has 3 unspecified atom stereocenters. The van der Waals surface area contributed by atoms with Crippen LogP contribution >= 0.6 is 11.3 Å². The molecule has 1 aliphatic heterocycles. The molecule has 6 nitrogen and oxygen atoms in total. The van der Waals surface area contributed by atoms with Gasteiger partial charge in [0.15, 0.2) is 0 Å². The number of urea groups is 1. The van der Waals surface area contributed by atoms with E-state index in [9.17, 15) is 14.7 Å². The Labute approximate surface area is 127 Å². The number of nitrogens with one attached hydrogen (secondary N) is 1. The summed E-state index contributed by atoms with van der Waals surface area (Å²) in [6.45, 7) is 4.05. The molecule has 1 aromatic rings. The molecule has 3 atom stereocenters. The number of aliphatic carboxylic acids is 1. The molecular formula is C14H20N2O4S. The van der Waals surface area contributed by atoms with Crippen LogP contribution in [-0.2, 0) is 4.79 Å². The second-order valence-electron chi connectivity index (χ2n) is 5.58. The van der Waals surface area contributed by atoms with Crippen molar-refractivity contribution in [1.29, 1.82) is 0 Å². The minimum Gasteiger partial charge on any atom is -0.480 e. The summed E-state index contributed by atoms with van der Waals surface area (Å²) in [7, 11) is 0. The molecule has 0 radical (unpaired) electrons. The first-order chi connectivity index (χ1) is 9.90. The lowest BCUT2D eigenvalue weighted by Crippen LogP contribution is -2.47. The highest BCUT2D eigenvalue weighted by Gasteiger charge is 2.39. The normalized spacial score (nSPS) is 23.3. The molecule has 1 aromatic heterocycles. The minimum atomic E-state index is -1.08. The average Bonchev–Trinajstić information content (AvgIpc) is 3.04. The van der Waals surface area contributed by atoms with Gasteiger partial charge >= 0.3 is 12.0 Å². The molecule has 0 bridgehead atoms. The van der Waals surface area contributed by atoms with Gasteiger partial charge in [0.1, 0.15) is 6.04 Å². The Hall–Kier alpha value is -1.60. The van der Waals surface area contributed by atoms with Gasteiger partial charge in [-0.05, 0) is 17.4 Å². The lowest BCUT2D eigenvalue weighted by Gasteiger charge is -2.27. The Balaban J connectivity index is 2.10. The summed E-state index contributed by atoms with van der Waals surface area (Å²) in [5, 5.41) is 23.6. The number of aliphatic hydroxyl groups is 1. The summed E-state index contributed by atoms with van der Waals surface area (Å²) < 4.78 is 0. The molecule has 0 saturated carbocycles. The number of nitrogens with zero attached hydrogens (tertiary/aromatic N) is 1. The van der Waals surface area contributed by atoms with E-state index in [-0.39, 0.29) is 24.9 Å². The number of β-amino-alcohol motifs (C(OH)–C–C–N with tert-alkyl or cyclic N) is 1. The van der Waals surface area contributed by atoms with E-state index in [1.54, 1.807) is 11.3 Å². The quantitative estimate of drug-likeness (QED) is 0.789. The van der Waals surface area contributed by atoms with Crippen LogP contribution < -0.4 is 5.32 Å². The molecule has 1 saturated heterocycles. The lowest BCUT2D eigenvalue weighted by atomic mass is 10.0. The van der Waals surface area contributed by atoms with E-state index in [1.165, 1.54) is 4.90 Å². The smallest absolute Gasteiger partial charge is 0.326 e. The molecule has 1 fully saturated rings. The van der Waals surface area contributed by atoms with Gasteiger partial charge < -0.3 is 20.4 Å². The SMILES string of the molecule is CC(C)C(NC(=O)N1CC(O)CC1C(=O)O)c1cccs1. The number of amides is 2. The van der Waals surface area contributed by atoms with Crippen molar-refractivity contribution < 1.29 is 19.8 Å². The fourth-order valence-electron chi connectivity index (χ4n) is 2.52. The molecule has 2 rings (SSSR count).